The first kappa shape index (κ1) is 11.0. The van der Waals surface area contributed by atoms with Crippen molar-refractivity contribution in [2.45, 2.75) is 18.9 Å². The molecule has 0 spiro atoms. The largest absolute Gasteiger partial charge is 0.334 e. The molecule has 1 fully saturated rings. The van der Waals surface area contributed by atoms with Gasteiger partial charge >= 0.3 is 0 Å². The third-order valence-corrected chi connectivity index (χ3v) is 2.37. The van der Waals surface area contributed by atoms with Crippen molar-refractivity contribution in [2.24, 2.45) is 0 Å². The smallest absolute Gasteiger partial charge is 0.240 e. The number of hydrogen-bond donors (Lipinski definition) is 1. The van der Waals surface area contributed by atoms with E-state index in [1.165, 1.54) is 0 Å². The molecule has 1 heterocycles. The maximum absolute atomic E-state index is 11.9. The Hall–Kier alpha value is -1.09. The van der Waals surface area contributed by atoms with Gasteiger partial charge in [0.25, 0.3) is 0 Å². The molecule has 1 unspecified atom stereocenters. The molecule has 0 aromatic rings. The summed E-state index contributed by atoms with van der Waals surface area (Å²) in [7, 11) is 0. The minimum Gasteiger partial charge on any atom is -0.334 e. The van der Waals surface area contributed by atoms with Crippen molar-refractivity contribution in [1.29, 1.82) is 0 Å². The predicted molar refractivity (Wildman–Crippen MR) is 58.0 cm³/mol. The number of rotatable bonds is 5. The molecule has 1 saturated heterocycles. The number of amides is 1. The van der Waals surface area contributed by atoms with Gasteiger partial charge in [-0.3, -0.25) is 4.79 Å². The average molecular weight is 194 g/mol. The highest BCUT2D eigenvalue weighted by Crippen LogP contribution is 2.08. The Morgan fingerprint density at radius 2 is 2.07 bits per heavy atom. The van der Waals surface area contributed by atoms with E-state index in [0.717, 1.165) is 19.4 Å². The number of hydrogen-bond acceptors (Lipinski definition) is 2. The first-order valence-corrected chi connectivity index (χ1v) is 5.03. The van der Waals surface area contributed by atoms with Gasteiger partial charge < -0.3 is 10.2 Å². The Bertz CT molecular complexity index is 209. The fraction of sp³-hybridized carbons (Fsp3) is 0.545. The number of nitrogens with zero attached hydrogens (tertiary/aromatic N) is 1. The first-order chi connectivity index (χ1) is 6.79. The maximum Gasteiger partial charge on any atom is 0.240 e. The molecular formula is C11H18N2O. The van der Waals surface area contributed by atoms with Crippen LogP contribution in [0.3, 0.4) is 0 Å². The molecule has 78 valence electrons. The summed E-state index contributed by atoms with van der Waals surface area (Å²) in [5.74, 6) is 0.169. The highest BCUT2D eigenvalue weighted by molar-refractivity contribution is 5.82. The monoisotopic (exact) mass is 194 g/mol. The van der Waals surface area contributed by atoms with Crippen LogP contribution in [0.1, 0.15) is 12.8 Å². The molecule has 3 heteroatoms. The average Bonchev–Trinajstić information content (AvgIpc) is 2.69. The summed E-state index contributed by atoms with van der Waals surface area (Å²) in [5, 5.41) is 3.19. The highest BCUT2D eigenvalue weighted by Gasteiger charge is 2.25. The Morgan fingerprint density at radius 1 is 1.43 bits per heavy atom. The van der Waals surface area contributed by atoms with E-state index in [2.05, 4.69) is 18.5 Å². The van der Waals surface area contributed by atoms with E-state index in [4.69, 9.17) is 0 Å². The SMILES string of the molecule is C=CCN(CC=C)C(=O)C1CCCN1. The second-order valence-electron chi connectivity index (χ2n) is 3.47. The van der Waals surface area contributed by atoms with Crippen LogP contribution in [0, 0.1) is 0 Å². The lowest BCUT2D eigenvalue weighted by molar-refractivity contribution is -0.132. The maximum atomic E-state index is 11.9. The summed E-state index contributed by atoms with van der Waals surface area (Å²) in [6, 6.07) is 0.00917. The van der Waals surface area contributed by atoms with E-state index in [1.54, 1.807) is 17.1 Å². The molecule has 0 radical (unpaired) electrons. The van der Waals surface area contributed by atoms with E-state index >= 15 is 0 Å². The minimum atomic E-state index is 0.00917. The third kappa shape index (κ3) is 2.70. The number of carbonyl (C=O) groups excluding carboxylic acids is 1. The van der Waals surface area contributed by atoms with Crippen LogP contribution in [-0.4, -0.2) is 36.5 Å². The molecule has 1 amide bonds. The van der Waals surface area contributed by atoms with Crippen LogP contribution in [0.2, 0.25) is 0 Å². The van der Waals surface area contributed by atoms with E-state index in [-0.39, 0.29) is 11.9 Å². The van der Waals surface area contributed by atoms with Gasteiger partial charge in [0.1, 0.15) is 0 Å². The van der Waals surface area contributed by atoms with E-state index in [9.17, 15) is 4.79 Å². The second-order valence-corrected chi connectivity index (χ2v) is 3.47. The third-order valence-electron chi connectivity index (χ3n) is 2.37. The first-order valence-electron chi connectivity index (χ1n) is 5.03. The highest BCUT2D eigenvalue weighted by atomic mass is 16.2. The van der Waals surface area contributed by atoms with Gasteiger partial charge in [0, 0.05) is 13.1 Å². The van der Waals surface area contributed by atoms with Gasteiger partial charge in [-0.05, 0) is 19.4 Å². The van der Waals surface area contributed by atoms with Gasteiger partial charge in [0.15, 0.2) is 0 Å². The molecule has 3 nitrogen and oxygen atoms in total. The fourth-order valence-electron chi connectivity index (χ4n) is 1.68. The zero-order valence-corrected chi connectivity index (χ0v) is 8.54. The van der Waals surface area contributed by atoms with Gasteiger partial charge in [-0.2, -0.15) is 0 Å². The van der Waals surface area contributed by atoms with Crippen LogP contribution >= 0.6 is 0 Å². The van der Waals surface area contributed by atoms with Crippen molar-refractivity contribution in [3.05, 3.63) is 25.3 Å². The standard InChI is InChI=1S/C11H18N2O/c1-3-8-13(9-4-2)11(14)10-6-5-7-12-10/h3-4,10,12H,1-2,5-9H2. The zero-order valence-electron chi connectivity index (χ0n) is 8.54. The Balaban J connectivity index is 2.51. The molecule has 0 aromatic carbocycles. The molecule has 1 aliphatic heterocycles. The second kappa shape index (κ2) is 5.60. The predicted octanol–water partition coefficient (Wildman–Crippen LogP) is 0.939. The summed E-state index contributed by atoms with van der Waals surface area (Å²) in [6.45, 7) is 9.44. The zero-order chi connectivity index (χ0) is 10.4. The Kier molecular flexibility index (Phi) is 4.40. The van der Waals surface area contributed by atoms with Gasteiger partial charge in [-0.1, -0.05) is 12.2 Å². The lowest BCUT2D eigenvalue weighted by Crippen LogP contribution is -2.43. The van der Waals surface area contributed by atoms with Crippen LogP contribution in [0.15, 0.2) is 25.3 Å². The summed E-state index contributed by atoms with van der Waals surface area (Å²) in [4.78, 5) is 13.7. The van der Waals surface area contributed by atoms with Crippen LogP contribution in [0.5, 0.6) is 0 Å². The van der Waals surface area contributed by atoms with Gasteiger partial charge in [-0.25, -0.2) is 0 Å². The Morgan fingerprint density at radius 3 is 2.50 bits per heavy atom. The lowest BCUT2D eigenvalue weighted by atomic mass is 10.2. The molecule has 0 aromatic heterocycles. The number of carbonyl (C=O) groups is 1. The topological polar surface area (TPSA) is 32.3 Å². The molecule has 0 saturated carbocycles. The van der Waals surface area contributed by atoms with Crippen molar-refractivity contribution < 1.29 is 4.79 Å². The lowest BCUT2D eigenvalue weighted by Gasteiger charge is -2.22. The summed E-state index contributed by atoms with van der Waals surface area (Å²) in [6.07, 6.45) is 5.53. The molecule has 0 aliphatic carbocycles. The summed E-state index contributed by atoms with van der Waals surface area (Å²) in [5.41, 5.74) is 0. The van der Waals surface area contributed by atoms with Crippen molar-refractivity contribution in [2.75, 3.05) is 19.6 Å². The van der Waals surface area contributed by atoms with Crippen molar-refractivity contribution >= 4 is 5.91 Å². The molecular weight excluding hydrogens is 176 g/mol. The van der Waals surface area contributed by atoms with Gasteiger partial charge in [0.05, 0.1) is 6.04 Å². The van der Waals surface area contributed by atoms with Crippen LogP contribution in [0.25, 0.3) is 0 Å². The van der Waals surface area contributed by atoms with Crippen molar-refractivity contribution in [3.8, 4) is 0 Å². The summed E-state index contributed by atoms with van der Waals surface area (Å²) >= 11 is 0. The van der Waals surface area contributed by atoms with E-state index in [1.807, 2.05) is 0 Å². The summed E-state index contributed by atoms with van der Waals surface area (Å²) < 4.78 is 0. The quantitative estimate of drug-likeness (QED) is 0.661. The Labute approximate surface area is 85.5 Å². The van der Waals surface area contributed by atoms with E-state index < -0.39 is 0 Å². The minimum absolute atomic E-state index is 0.00917. The van der Waals surface area contributed by atoms with Crippen molar-refractivity contribution in [3.63, 3.8) is 0 Å². The van der Waals surface area contributed by atoms with Crippen LogP contribution < -0.4 is 5.32 Å². The molecule has 1 atom stereocenters. The van der Waals surface area contributed by atoms with Gasteiger partial charge in [0.2, 0.25) is 5.91 Å². The normalized spacial score (nSPS) is 20.4. The molecule has 1 N–H and O–H groups in total. The number of nitrogens with one attached hydrogen (secondary N) is 1. The molecule has 0 bridgehead atoms. The van der Waals surface area contributed by atoms with Crippen molar-refractivity contribution in [1.82, 2.24) is 10.2 Å². The molecule has 1 rings (SSSR count). The van der Waals surface area contributed by atoms with Crippen LogP contribution in [-0.2, 0) is 4.79 Å². The van der Waals surface area contributed by atoms with Crippen LogP contribution in [0.4, 0.5) is 0 Å². The molecule has 1 aliphatic rings. The molecule has 14 heavy (non-hydrogen) atoms. The van der Waals surface area contributed by atoms with Gasteiger partial charge in [-0.15, -0.1) is 13.2 Å². The fourth-order valence-corrected chi connectivity index (χ4v) is 1.68. The van der Waals surface area contributed by atoms with E-state index in [0.29, 0.717) is 13.1 Å².